The first-order chi connectivity index (χ1) is 15.8. The van der Waals surface area contributed by atoms with Gasteiger partial charge < -0.3 is 23.7 Å². The van der Waals surface area contributed by atoms with E-state index in [0.717, 1.165) is 11.1 Å². The van der Waals surface area contributed by atoms with Gasteiger partial charge in [0.05, 0.1) is 26.4 Å². The van der Waals surface area contributed by atoms with Crippen LogP contribution in [0, 0.1) is 0 Å². The first kappa shape index (κ1) is 26.0. The molecule has 0 heterocycles. The summed E-state index contributed by atoms with van der Waals surface area (Å²) in [4.78, 5) is 35.4. The van der Waals surface area contributed by atoms with Crippen molar-refractivity contribution in [1.82, 2.24) is 0 Å². The molecule has 0 aromatic heterocycles. The highest BCUT2D eigenvalue weighted by molar-refractivity contribution is 5.68. The highest BCUT2D eigenvalue weighted by Crippen LogP contribution is 2.17. The number of hydrogen-bond acceptors (Lipinski definition) is 8. The van der Waals surface area contributed by atoms with E-state index in [1.54, 1.807) is 0 Å². The second-order valence-corrected chi connectivity index (χ2v) is 7.37. The van der Waals surface area contributed by atoms with Crippen molar-refractivity contribution in [3.8, 4) is 0 Å². The first-order valence-electron chi connectivity index (χ1n) is 10.6. The van der Waals surface area contributed by atoms with Crippen LogP contribution in [0.15, 0.2) is 60.7 Å². The quantitative estimate of drug-likeness (QED) is 0.333. The molecule has 178 valence electrons. The van der Waals surface area contributed by atoms with Crippen molar-refractivity contribution in [3.63, 3.8) is 0 Å². The topological polar surface area (TPSA) is 97.4 Å². The van der Waals surface area contributed by atoms with Crippen molar-refractivity contribution in [2.24, 2.45) is 0 Å². The number of ether oxygens (including phenoxy) is 5. The molecule has 0 saturated carbocycles. The number of rotatable bonds is 13. The second kappa shape index (κ2) is 14.0. The molecule has 0 spiro atoms. The van der Waals surface area contributed by atoms with E-state index >= 15 is 0 Å². The molecular formula is C25H30O8. The second-order valence-electron chi connectivity index (χ2n) is 7.37. The molecule has 0 aliphatic carbocycles. The zero-order chi connectivity index (χ0) is 24.1. The summed E-state index contributed by atoms with van der Waals surface area (Å²) in [5.41, 5.74) is 1.84. The van der Waals surface area contributed by atoms with Gasteiger partial charge in [0, 0.05) is 20.8 Å². The third-order valence-corrected chi connectivity index (χ3v) is 4.46. The molecular weight excluding hydrogens is 428 g/mol. The summed E-state index contributed by atoms with van der Waals surface area (Å²) in [6, 6.07) is 18.9. The molecule has 2 atom stereocenters. The van der Waals surface area contributed by atoms with E-state index in [1.165, 1.54) is 20.8 Å². The fraction of sp³-hybridized carbons (Fsp3) is 0.400. The molecule has 0 bridgehead atoms. The molecule has 0 fully saturated rings. The molecule has 0 amide bonds. The summed E-state index contributed by atoms with van der Waals surface area (Å²) in [6.07, 6.45) is -3.15. The van der Waals surface area contributed by atoms with Gasteiger partial charge in [0.2, 0.25) is 0 Å². The molecule has 0 aliphatic heterocycles. The molecule has 8 nitrogen and oxygen atoms in total. The van der Waals surface area contributed by atoms with Crippen molar-refractivity contribution in [2.75, 3.05) is 13.2 Å². The van der Waals surface area contributed by atoms with Crippen molar-refractivity contribution in [1.29, 1.82) is 0 Å². The van der Waals surface area contributed by atoms with Gasteiger partial charge in [0.1, 0.15) is 0 Å². The van der Waals surface area contributed by atoms with Crippen molar-refractivity contribution in [3.05, 3.63) is 71.8 Å². The number of hydrogen-bond donors (Lipinski definition) is 0. The van der Waals surface area contributed by atoms with Gasteiger partial charge in [-0.2, -0.15) is 0 Å². The minimum atomic E-state index is -1.12. The van der Waals surface area contributed by atoms with E-state index in [-0.39, 0.29) is 26.4 Å². The van der Waals surface area contributed by atoms with E-state index in [0.29, 0.717) is 0 Å². The Balaban J connectivity index is 2.13. The molecule has 2 aromatic rings. The molecule has 0 saturated heterocycles. The van der Waals surface area contributed by atoms with E-state index in [4.69, 9.17) is 23.7 Å². The maximum Gasteiger partial charge on any atom is 0.303 e. The Morgan fingerprint density at radius 1 is 0.606 bits per heavy atom. The van der Waals surface area contributed by atoms with Crippen molar-refractivity contribution >= 4 is 17.9 Å². The van der Waals surface area contributed by atoms with Crippen molar-refractivity contribution in [2.45, 2.75) is 52.3 Å². The van der Waals surface area contributed by atoms with Gasteiger partial charge in [-0.05, 0) is 11.1 Å². The van der Waals surface area contributed by atoms with Crippen LogP contribution in [0.2, 0.25) is 0 Å². The van der Waals surface area contributed by atoms with Crippen LogP contribution in [0.5, 0.6) is 0 Å². The summed E-state index contributed by atoms with van der Waals surface area (Å²) < 4.78 is 27.7. The van der Waals surface area contributed by atoms with Gasteiger partial charge in [0.15, 0.2) is 18.3 Å². The zero-order valence-corrected chi connectivity index (χ0v) is 19.1. The predicted molar refractivity (Wildman–Crippen MR) is 119 cm³/mol. The molecule has 8 heteroatoms. The Kier molecular flexibility index (Phi) is 11.1. The Morgan fingerprint density at radius 2 is 0.970 bits per heavy atom. The van der Waals surface area contributed by atoms with E-state index in [2.05, 4.69) is 0 Å². The molecule has 2 aromatic carbocycles. The van der Waals surface area contributed by atoms with Crippen LogP contribution in [0.3, 0.4) is 0 Å². The zero-order valence-electron chi connectivity index (χ0n) is 19.1. The van der Waals surface area contributed by atoms with Crippen LogP contribution in [0.25, 0.3) is 0 Å². The largest absolute Gasteiger partial charge is 0.456 e. The number of carbonyl (C=O) groups is 3. The highest BCUT2D eigenvalue weighted by Gasteiger charge is 2.37. The average Bonchev–Trinajstić information content (AvgIpc) is 2.77. The van der Waals surface area contributed by atoms with Gasteiger partial charge in [-0.3, -0.25) is 14.4 Å². The molecule has 0 aliphatic rings. The van der Waals surface area contributed by atoms with Gasteiger partial charge >= 0.3 is 17.9 Å². The van der Waals surface area contributed by atoms with Gasteiger partial charge in [-0.25, -0.2) is 0 Å². The summed E-state index contributed by atoms with van der Waals surface area (Å²) in [5.74, 6) is -1.81. The highest BCUT2D eigenvalue weighted by atomic mass is 16.6. The minimum Gasteiger partial charge on any atom is -0.456 e. The monoisotopic (exact) mass is 458 g/mol. The third kappa shape index (κ3) is 10.3. The van der Waals surface area contributed by atoms with Gasteiger partial charge in [0.25, 0.3) is 0 Å². The van der Waals surface area contributed by atoms with Crippen LogP contribution in [0.4, 0.5) is 0 Å². The molecule has 0 N–H and O–H groups in total. The van der Waals surface area contributed by atoms with Crippen LogP contribution in [-0.2, 0) is 51.3 Å². The number of esters is 3. The summed E-state index contributed by atoms with van der Waals surface area (Å²) in [5, 5.41) is 0. The standard InChI is InChI=1S/C25H30O8/c1-18(26)31-23(16-29-14-21-10-6-4-7-11-21)25(33-20(3)28)24(32-19(2)27)17-30-15-22-12-8-5-9-13-22/h4-13,23-25H,14-17H2,1-3H3/t23-,24-/m1/s1. The minimum absolute atomic E-state index is 0.0805. The maximum absolute atomic E-state index is 11.8. The first-order valence-corrected chi connectivity index (χ1v) is 10.6. The van der Waals surface area contributed by atoms with Gasteiger partial charge in [-0.15, -0.1) is 0 Å². The Hall–Kier alpha value is -3.23. The van der Waals surface area contributed by atoms with E-state index in [9.17, 15) is 14.4 Å². The van der Waals surface area contributed by atoms with Crippen LogP contribution >= 0.6 is 0 Å². The van der Waals surface area contributed by atoms with Gasteiger partial charge in [-0.1, -0.05) is 60.7 Å². The smallest absolute Gasteiger partial charge is 0.303 e. The van der Waals surface area contributed by atoms with Crippen molar-refractivity contribution < 1.29 is 38.1 Å². The van der Waals surface area contributed by atoms with E-state index < -0.39 is 36.2 Å². The molecule has 0 radical (unpaired) electrons. The molecule has 0 unspecified atom stereocenters. The summed E-state index contributed by atoms with van der Waals surface area (Å²) in [7, 11) is 0. The lowest BCUT2D eigenvalue weighted by atomic mass is 10.1. The lowest BCUT2D eigenvalue weighted by Gasteiger charge is -2.31. The van der Waals surface area contributed by atoms with Crippen LogP contribution < -0.4 is 0 Å². The van der Waals surface area contributed by atoms with E-state index in [1.807, 2.05) is 60.7 Å². The molecule has 33 heavy (non-hydrogen) atoms. The third-order valence-electron chi connectivity index (χ3n) is 4.46. The Labute approximate surface area is 193 Å². The SMILES string of the molecule is CC(=O)OC([C@@H](COCc1ccccc1)OC(C)=O)[C@@H](COCc1ccccc1)OC(C)=O. The van der Waals surface area contributed by atoms with Crippen LogP contribution in [0.1, 0.15) is 31.9 Å². The normalized spacial score (nSPS) is 12.6. The summed E-state index contributed by atoms with van der Waals surface area (Å²) in [6.45, 7) is 4.05. The average molecular weight is 459 g/mol. The summed E-state index contributed by atoms with van der Waals surface area (Å²) >= 11 is 0. The number of benzene rings is 2. The fourth-order valence-electron chi connectivity index (χ4n) is 3.14. The number of carbonyl (C=O) groups excluding carboxylic acids is 3. The predicted octanol–water partition coefficient (Wildman–Crippen LogP) is 3.22. The van der Waals surface area contributed by atoms with Crippen LogP contribution in [-0.4, -0.2) is 49.4 Å². The lowest BCUT2D eigenvalue weighted by molar-refractivity contribution is -0.193. The maximum atomic E-state index is 11.8. The lowest BCUT2D eigenvalue weighted by Crippen LogP contribution is -2.49. The Morgan fingerprint density at radius 3 is 1.30 bits per heavy atom. The molecule has 2 rings (SSSR count). The Bertz CT molecular complexity index is 803. The fourth-order valence-corrected chi connectivity index (χ4v) is 3.14.